The minimum absolute atomic E-state index is 0.0804. The SMILES string of the molecule is COC(=O)c1ccc(CNc2cccc(F)c2[N+](=O)[O-])nc1C1CC1. The molecule has 0 saturated heterocycles. The maximum atomic E-state index is 13.6. The molecule has 1 saturated carbocycles. The number of para-hydroxylation sites is 1. The van der Waals surface area contributed by atoms with Crippen molar-refractivity contribution in [1.82, 2.24) is 4.98 Å². The highest BCUT2D eigenvalue weighted by molar-refractivity contribution is 5.90. The van der Waals surface area contributed by atoms with E-state index in [9.17, 15) is 19.3 Å². The van der Waals surface area contributed by atoms with E-state index in [1.165, 1.54) is 19.2 Å². The van der Waals surface area contributed by atoms with Gasteiger partial charge in [-0.05, 0) is 37.1 Å². The minimum Gasteiger partial charge on any atom is -0.465 e. The molecule has 25 heavy (non-hydrogen) atoms. The Kier molecular flexibility index (Phi) is 4.60. The van der Waals surface area contributed by atoms with E-state index in [1.54, 1.807) is 12.1 Å². The van der Waals surface area contributed by atoms with Gasteiger partial charge in [0.2, 0.25) is 5.82 Å². The van der Waals surface area contributed by atoms with Crippen molar-refractivity contribution in [2.75, 3.05) is 12.4 Å². The van der Waals surface area contributed by atoms with Gasteiger partial charge in [-0.15, -0.1) is 0 Å². The lowest BCUT2D eigenvalue weighted by molar-refractivity contribution is -0.386. The van der Waals surface area contributed by atoms with Gasteiger partial charge in [-0.2, -0.15) is 4.39 Å². The molecule has 1 aliphatic rings. The molecule has 0 aliphatic heterocycles. The fourth-order valence-corrected chi connectivity index (χ4v) is 2.60. The minimum atomic E-state index is -0.900. The first-order chi connectivity index (χ1) is 12.0. The normalized spacial score (nSPS) is 13.4. The Balaban J connectivity index is 1.83. The van der Waals surface area contributed by atoms with Crippen LogP contribution >= 0.6 is 0 Å². The van der Waals surface area contributed by atoms with Gasteiger partial charge in [0, 0.05) is 5.92 Å². The summed E-state index contributed by atoms with van der Waals surface area (Å²) in [6.45, 7) is 0.172. The molecule has 1 aromatic carbocycles. The molecule has 0 radical (unpaired) electrons. The van der Waals surface area contributed by atoms with Crippen LogP contribution in [0.3, 0.4) is 0 Å². The Morgan fingerprint density at radius 3 is 2.80 bits per heavy atom. The molecule has 0 atom stereocenters. The molecule has 1 aliphatic carbocycles. The average Bonchev–Trinajstić information content (AvgIpc) is 3.43. The van der Waals surface area contributed by atoms with Crippen LogP contribution in [-0.2, 0) is 11.3 Å². The number of aromatic nitrogens is 1. The first kappa shape index (κ1) is 16.8. The Labute approximate surface area is 143 Å². The van der Waals surface area contributed by atoms with E-state index in [0.717, 1.165) is 18.9 Å². The number of hydrogen-bond donors (Lipinski definition) is 1. The number of carbonyl (C=O) groups excluding carboxylic acids is 1. The van der Waals surface area contributed by atoms with Gasteiger partial charge < -0.3 is 10.1 Å². The molecule has 8 heteroatoms. The van der Waals surface area contributed by atoms with Crippen molar-refractivity contribution in [2.45, 2.75) is 25.3 Å². The van der Waals surface area contributed by atoms with Crippen molar-refractivity contribution >= 4 is 17.3 Å². The maximum Gasteiger partial charge on any atom is 0.339 e. The first-order valence-electron chi connectivity index (χ1n) is 7.76. The third-order valence-corrected chi connectivity index (χ3v) is 3.98. The number of carbonyl (C=O) groups is 1. The number of rotatable bonds is 6. The van der Waals surface area contributed by atoms with Crippen molar-refractivity contribution in [2.24, 2.45) is 0 Å². The van der Waals surface area contributed by atoms with Crippen LogP contribution in [0.1, 0.15) is 40.5 Å². The number of methoxy groups -OCH3 is 1. The highest BCUT2D eigenvalue weighted by Crippen LogP contribution is 2.41. The summed E-state index contributed by atoms with van der Waals surface area (Å²) in [7, 11) is 1.32. The summed E-state index contributed by atoms with van der Waals surface area (Å²) in [5, 5.41) is 13.9. The third-order valence-electron chi connectivity index (χ3n) is 3.98. The molecule has 130 valence electrons. The summed E-state index contributed by atoms with van der Waals surface area (Å²) in [4.78, 5) is 26.6. The van der Waals surface area contributed by atoms with Gasteiger partial charge in [-0.25, -0.2) is 4.79 Å². The van der Waals surface area contributed by atoms with Crippen LogP contribution < -0.4 is 5.32 Å². The molecule has 0 spiro atoms. The number of ether oxygens (including phenoxy) is 1. The van der Waals surface area contributed by atoms with Crippen molar-refractivity contribution in [3.8, 4) is 0 Å². The summed E-state index contributed by atoms with van der Waals surface area (Å²) >= 11 is 0. The molecule has 2 aromatic rings. The number of nitro groups is 1. The lowest BCUT2D eigenvalue weighted by Crippen LogP contribution is -2.11. The number of hydrogen-bond acceptors (Lipinski definition) is 6. The van der Waals surface area contributed by atoms with Crippen molar-refractivity contribution in [3.05, 3.63) is 63.2 Å². The molecule has 1 N–H and O–H groups in total. The van der Waals surface area contributed by atoms with Crippen LogP contribution in [0.5, 0.6) is 0 Å². The second kappa shape index (κ2) is 6.84. The Morgan fingerprint density at radius 2 is 2.16 bits per heavy atom. The molecule has 0 bridgehead atoms. The Morgan fingerprint density at radius 1 is 1.40 bits per heavy atom. The molecule has 0 unspecified atom stereocenters. The van der Waals surface area contributed by atoms with E-state index >= 15 is 0 Å². The van der Waals surface area contributed by atoms with Crippen LogP contribution in [0.15, 0.2) is 30.3 Å². The summed E-state index contributed by atoms with van der Waals surface area (Å²) in [6.07, 6.45) is 1.92. The molecular weight excluding hydrogens is 329 g/mol. The van der Waals surface area contributed by atoms with Gasteiger partial charge in [-0.1, -0.05) is 6.07 Å². The number of nitro benzene ring substituents is 1. The van der Waals surface area contributed by atoms with Gasteiger partial charge in [0.15, 0.2) is 0 Å². The summed E-state index contributed by atoms with van der Waals surface area (Å²) in [6, 6.07) is 7.16. The van der Waals surface area contributed by atoms with Crippen molar-refractivity contribution < 1.29 is 18.8 Å². The standard InChI is InChI=1S/C17H16FN3O4/c1-25-17(22)12-8-7-11(20-15(12)10-5-6-10)9-19-14-4-2-3-13(18)16(14)21(23)24/h2-4,7-8,10,19H,5-6,9H2,1H3. The zero-order valence-electron chi connectivity index (χ0n) is 13.5. The highest BCUT2D eigenvalue weighted by atomic mass is 19.1. The molecule has 7 nitrogen and oxygen atoms in total. The number of esters is 1. The van der Waals surface area contributed by atoms with Crippen LogP contribution in [-0.4, -0.2) is 23.0 Å². The van der Waals surface area contributed by atoms with Crippen LogP contribution in [0.4, 0.5) is 15.8 Å². The van der Waals surface area contributed by atoms with Crippen molar-refractivity contribution in [3.63, 3.8) is 0 Å². The quantitative estimate of drug-likeness (QED) is 0.490. The van der Waals surface area contributed by atoms with Gasteiger partial charge >= 0.3 is 11.7 Å². The molecular formula is C17H16FN3O4. The number of nitrogens with one attached hydrogen (secondary N) is 1. The van der Waals surface area contributed by atoms with E-state index in [2.05, 4.69) is 10.3 Å². The third kappa shape index (κ3) is 3.57. The van der Waals surface area contributed by atoms with E-state index in [-0.39, 0.29) is 18.2 Å². The van der Waals surface area contributed by atoms with E-state index in [1.807, 2.05) is 0 Å². The highest BCUT2D eigenvalue weighted by Gasteiger charge is 2.30. The zero-order valence-corrected chi connectivity index (χ0v) is 13.5. The molecule has 1 fully saturated rings. The summed E-state index contributed by atoms with van der Waals surface area (Å²) in [5.41, 5.74) is 1.20. The van der Waals surface area contributed by atoms with Gasteiger partial charge in [0.05, 0.1) is 35.5 Å². The smallest absolute Gasteiger partial charge is 0.339 e. The van der Waals surface area contributed by atoms with E-state index < -0.39 is 22.4 Å². The largest absolute Gasteiger partial charge is 0.465 e. The lowest BCUT2D eigenvalue weighted by atomic mass is 10.1. The van der Waals surface area contributed by atoms with Crippen LogP contribution in [0, 0.1) is 15.9 Å². The number of anilines is 1. The second-order valence-corrected chi connectivity index (χ2v) is 5.75. The number of pyridine rings is 1. The fourth-order valence-electron chi connectivity index (χ4n) is 2.60. The van der Waals surface area contributed by atoms with E-state index in [4.69, 9.17) is 4.74 Å². The first-order valence-corrected chi connectivity index (χ1v) is 7.76. The summed E-state index contributed by atoms with van der Waals surface area (Å²) < 4.78 is 18.4. The van der Waals surface area contributed by atoms with Gasteiger partial charge in [0.25, 0.3) is 0 Å². The monoisotopic (exact) mass is 345 g/mol. The lowest BCUT2D eigenvalue weighted by Gasteiger charge is -2.11. The topological polar surface area (TPSA) is 94.4 Å². The molecule has 0 amide bonds. The molecule has 1 aromatic heterocycles. The van der Waals surface area contributed by atoms with Gasteiger partial charge in [0.1, 0.15) is 5.69 Å². The molecule has 3 rings (SSSR count). The maximum absolute atomic E-state index is 13.6. The zero-order chi connectivity index (χ0) is 18.0. The number of halogens is 1. The predicted molar refractivity (Wildman–Crippen MR) is 87.9 cm³/mol. The number of nitrogens with zero attached hydrogens (tertiary/aromatic N) is 2. The fraction of sp³-hybridized carbons (Fsp3) is 0.294. The Hall–Kier alpha value is -3.03. The Bertz CT molecular complexity index is 837. The van der Waals surface area contributed by atoms with E-state index in [0.29, 0.717) is 17.0 Å². The average molecular weight is 345 g/mol. The number of benzene rings is 1. The summed E-state index contributed by atoms with van der Waals surface area (Å²) in [5.74, 6) is -1.10. The molecule has 1 heterocycles. The van der Waals surface area contributed by atoms with Gasteiger partial charge in [-0.3, -0.25) is 15.1 Å². The van der Waals surface area contributed by atoms with Crippen LogP contribution in [0.2, 0.25) is 0 Å². The van der Waals surface area contributed by atoms with Crippen molar-refractivity contribution in [1.29, 1.82) is 0 Å². The van der Waals surface area contributed by atoms with Crippen LogP contribution in [0.25, 0.3) is 0 Å². The second-order valence-electron chi connectivity index (χ2n) is 5.75. The predicted octanol–water partition coefficient (Wildman–Crippen LogP) is 3.41.